The molecule has 4 rings (SSSR count). The zero-order chi connectivity index (χ0) is 22.0. The predicted molar refractivity (Wildman–Crippen MR) is 105 cm³/mol. The van der Waals surface area contributed by atoms with Gasteiger partial charge in [-0.1, -0.05) is 47.6 Å². The molecule has 2 aliphatic heterocycles. The van der Waals surface area contributed by atoms with E-state index in [-0.39, 0.29) is 5.56 Å². The Hall–Kier alpha value is -3.49. The Kier molecular flexibility index (Phi) is 5.58. The number of alkyl halides is 3. The smallest absolute Gasteiger partial charge is 0.416 e. The summed E-state index contributed by atoms with van der Waals surface area (Å²) in [6, 6.07) is 13.3. The van der Waals surface area contributed by atoms with Gasteiger partial charge in [-0.3, -0.25) is 4.90 Å². The number of hydrogen-bond donors (Lipinski definition) is 0. The van der Waals surface area contributed by atoms with Gasteiger partial charge in [-0.2, -0.15) is 13.2 Å². The van der Waals surface area contributed by atoms with Crippen LogP contribution in [-0.2, 0) is 26.9 Å². The van der Waals surface area contributed by atoms with Crippen molar-refractivity contribution in [3.05, 3.63) is 83.6 Å². The topological polar surface area (TPSA) is 60.4 Å². The fourth-order valence-corrected chi connectivity index (χ4v) is 3.61. The van der Waals surface area contributed by atoms with Crippen molar-refractivity contribution < 1.29 is 32.3 Å². The van der Waals surface area contributed by atoms with Crippen molar-refractivity contribution in [2.75, 3.05) is 7.11 Å². The first kappa shape index (κ1) is 20.8. The van der Waals surface area contributed by atoms with E-state index in [0.717, 1.165) is 17.7 Å². The number of fused-ring (bicyclic) bond motifs is 1. The Morgan fingerprint density at radius 1 is 1.16 bits per heavy atom. The third-order valence-electron chi connectivity index (χ3n) is 5.06. The maximum Gasteiger partial charge on any atom is 0.416 e. The van der Waals surface area contributed by atoms with Gasteiger partial charge >= 0.3 is 12.3 Å². The molecule has 0 unspecified atom stereocenters. The van der Waals surface area contributed by atoms with Crippen molar-refractivity contribution >= 4 is 12.0 Å². The molecule has 0 fully saturated rings. The molecule has 2 heterocycles. The molecule has 162 valence electrons. The van der Waals surface area contributed by atoms with E-state index in [0.29, 0.717) is 12.3 Å². The SMILES string of the molecule is COC(=O)N1C=C[C@H]2OC(Cc3ccccc3)=NO[C@H]2[C@@H]1c1cccc(C(F)(F)F)c1. The van der Waals surface area contributed by atoms with E-state index in [1.54, 1.807) is 6.08 Å². The van der Waals surface area contributed by atoms with E-state index < -0.39 is 36.1 Å². The Balaban J connectivity index is 1.65. The highest BCUT2D eigenvalue weighted by atomic mass is 19.4. The van der Waals surface area contributed by atoms with Crippen molar-refractivity contribution in [3.8, 4) is 0 Å². The number of rotatable bonds is 3. The summed E-state index contributed by atoms with van der Waals surface area (Å²) < 4.78 is 50.5. The number of benzene rings is 2. The summed E-state index contributed by atoms with van der Waals surface area (Å²) in [5.74, 6) is 0.339. The van der Waals surface area contributed by atoms with Crippen LogP contribution in [0.2, 0.25) is 0 Å². The van der Waals surface area contributed by atoms with Gasteiger partial charge < -0.3 is 14.3 Å². The van der Waals surface area contributed by atoms with Gasteiger partial charge in [0.15, 0.2) is 12.2 Å². The van der Waals surface area contributed by atoms with Crippen LogP contribution >= 0.6 is 0 Å². The number of ether oxygens (including phenoxy) is 2. The zero-order valence-electron chi connectivity index (χ0n) is 16.5. The second-order valence-corrected chi connectivity index (χ2v) is 7.09. The van der Waals surface area contributed by atoms with Gasteiger partial charge in [-0.05, 0) is 29.3 Å². The Labute approximate surface area is 176 Å². The summed E-state index contributed by atoms with van der Waals surface area (Å²) >= 11 is 0. The van der Waals surface area contributed by atoms with Crippen LogP contribution in [0.25, 0.3) is 0 Å². The van der Waals surface area contributed by atoms with Crippen LogP contribution in [-0.4, -0.2) is 36.2 Å². The molecule has 0 saturated carbocycles. The predicted octanol–water partition coefficient (Wildman–Crippen LogP) is 4.68. The van der Waals surface area contributed by atoms with E-state index in [2.05, 4.69) is 5.16 Å². The number of nitrogens with zero attached hydrogens (tertiary/aromatic N) is 2. The van der Waals surface area contributed by atoms with E-state index in [1.807, 2.05) is 30.3 Å². The maximum atomic E-state index is 13.3. The highest BCUT2D eigenvalue weighted by Crippen LogP contribution is 2.38. The van der Waals surface area contributed by atoms with Gasteiger partial charge in [-0.15, -0.1) is 0 Å². The number of halogens is 3. The molecule has 0 N–H and O–H groups in total. The normalized spacial score (nSPS) is 22.6. The van der Waals surface area contributed by atoms with Crippen LogP contribution in [0, 0.1) is 0 Å². The summed E-state index contributed by atoms with van der Waals surface area (Å²) in [6.07, 6.45) is -3.32. The van der Waals surface area contributed by atoms with Crippen molar-refractivity contribution in [1.82, 2.24) is 4.90 Å². The second kappa shape index (κ2) is 8.33. The molecule has 0 aliphatic carbocycles. The lowest BCUT2D eigenvalue weighted by molar-refractivity contribution is -0.137. The Bertz CT molecular complexity index is 1010. The molecular formula is C22H19F3N2O4. The summed E-state index contributed by atoms with van der Waals surface area (Å²) in [7, 11) is 1.19. The van der Waals surface area contributed by atoms with Gasteiger partial charge in [-0.25, -0.2) is 4.79 Å². The van der Waals surface area contributed by atoms with Crippen LogP contribution in [0.1, 0.15) is 22.7 Å². The van der Waals surface area contributed by atoms with Crippen molar-refractivity contribution in [2.24, 2.45) is 5.16 Å². The third-order valence-corrected chi connectivity index (χ3v) is 5.06. The molecule has 1 amide bonds. The van der Waals surface area contributed by atoms with Crippen LogP contribution in [0.5, 0.6) is 0 Å². The van der Waals surface area contributed by atoms with Crippen molar-refractivity contribution in [3.63, 3.8) is 0 Å². The molecule has 2 aromatic carbocycles. The molecule has 0 radical (unpaired) electrons. The molecule has 3 atom stereocenters. The zero-order valence-corrected chi connectivity index (χ0v) is 16.5. The lowest BCUT2D eigenvalue weighted by Gasteiger charge is -2.41. The van der Waals surface area contributed by atoms with Crippen molar-refractivity contribution in [2.45, 2.75) is 30.8 Å². The molecule has 31 heavy (non-hydrogen) atoms. The molecule has 6 nitrogen and oxygen atoms in total. The molecule has 0 bridgehead atoms. The number of carbonyl (C=O) groups excluding carboxylic acids is 1. The third kappa shape index (κ3) is 4.35. The average Bonchev–Trinajstić information content (AvgIpc) is 2.78. The summed E-state index contributed by atoms with van der Waals surface area (Å²) in [5.41, 5.74) is 0.365. The van der Waals surface area contributed by atoms with Crippen LogP contribution in [0.4, 0.5) is 18.0 Å². The second-order valence-electron chi connectivity index (χ2n) is 7.09. The lowest BCUT2D eigenvalue weighted by Crippen LogP contribution is -2.49. The quantitative estimate of drug-likeness (QED) is 0.707. The monoisotopic (exact) mass is 432 g/mol. The number of amides is 1. The molecule has 0 saturated heterocycles. The number of methoxy groups -OCH3 is 1. The van der Waals surface area contributed by atoms with Gasteiger partial charge in [0.25, 0.3) is 0 Å². The molecular weight excluding hydrogens is 413 g/mol. The fraction of sp³-hybridized carbons (Fsp3) is 0.273. The molecule has 0 aromatic heterocycles. The van der Waals surface area contributed by atoms with E-state index in [4.69, 9.17) is 14.3 Å². The van der Waals surface area contributed by atoms with Gasteiger partial charge in [0.05, 0.1) is 19.1 Å². The molecule has 0 spiro atoms. The minimum Gasteiger partial charge on any atom is -0.467 e. The van der Waals surface area contributed by atoms with Gasteiger partial charge in [0.2, 0.25) is 5.90 Å². The minimum atomic E-state index is -4.53. The average molecular weight is 432 g/mol. The largest absolute Gasteiger partial charge is 0.467 e. The van der Waals surface area contributed by atoms with Crippen molar-refractivity contribution in [1.29, 1.82) is 0 Å². The molecule has 2 aliphatic rings. The van der Waals surface area contributed by atoms with Crippen LogP contribution in [0.3, 0.4) is 0 Å². The number of oxime groups is 1. The number of carbonyl (C=O) groups is 1. The Morgan fingerprint density at radius 2 is 1.94 bits per heavy atom. The first-order chi connectivity index (χ1) is 14.9. The van der Waals surface area contributed by atoms with Crippen LogP contribution in [0.15, 0.2) is 72.0 Å². The highest BCUT2D eigenvalue weighted by molar-refractivity contribution is 5.79. The fourth-order valence-electron chi connectivity index (χ4n) is 3.61. The standard InChI is InChI=1S/C22H19F3N2O4/c1-29-21(28)27-11-10-17-20(19(27)15-8-5-9-16(13-15)22(23,24)25)31-26-18(30-17)12-14-6-3-2-4-7-14/h2-11,13,17,19-20H,12H2,1H3/t17-,19+,20-/m1/s1. The molecule has 2 aromatic rings. The van der Waals surface area contributed by atoms with E-state index in [9.17, 15) is 18.0 Å². The first-order valence-electron chi connectivity index (χ1n) is 9.52. The van der Waals surface area contributed by atoms with Crippen LogP contribution < -0.4 is 0 Å². The lowest BCUT2D eigenvalue weighted by atomic mass is 9.92. The van der Waals surface area contributed by atoms with Gasteiger partial charge in [0.1, 0.15) is 6.04 Å². The summed E-state index contributed by atoms with van der Waals surface area (Å²) in [6.45, 7) is 0. The van der Waals surface area contributed by atoms with Gasteiger partial charge in [0, 0.05) is 6.20 Å². The summed E-state index contributed by atoms with van der Waals surface area (Å²) in [5, 5.41) is 4.04. The highest BCUT2D eigenvalue weighted by Gasteiger charge is 2.45. The Morgan fingerprint density at radius 3 is 2.65 bits per heavy atom. The number of hydrogen-bond acceptors (Lipinski definition) is 5. The summed E-state index contributed by atoms with van der Waals surface area (Å²) in [4.78, 5) is 19.2. The maximum absolute atomic E-state index is 13.3. The minimum absolute atomic E-state index is 0.227. The first-order valence-corrected chi connectivity index (χ1v) is 9.52. The van der Waals surface area contributed by atoms with E-state index in [1.165, 1.54) is 30.3 Å². The molecule has 9 heteroatoms. The van der Waals surface area contributed by atoms with E-state index >= 15 is 0 Å².